The highest BCUT2D eigenvalue weighted by molar-refractivity contribution is 5.88. The number of carbonyl (C=O) groups excluding carboxylic acids is 1. The van der Waals surface area contributed by atoms with Crippen LogP contribution < -0.4 is 5.32 Å². The minimum Gasteiger partial charge on any atom is -0.479 e. The maximum Gasteiger partial charge on any atom is 0.333 e. The summed E-state index contributed by atoms with van der Waals surface area (Å²) >= 11 is 0. The molecule has 0 aliphatic heterocycles. The Balaban J connectivity index is 3.03. The van der Waals surface area contributed by atoms with E-state index in [9.17, 15) is 14.7 Å². The molecule has 1 amide bonds. The highest BCUT2D eigenvalue weighted by atomic mass is 16.4. The number of nitrogens with one attached hydrogen (secondary N) is 1. The van der Waals surface area contributed by atoms with Gasteiger partial charge >= 0.3 is 5.97 Å². The first-order valence-corrected chi connectivity index (χ1v) is 6.02. The molecule has 2 unspecified atom stereocenters. The van der Waals surface area contributed by atoms with Crippen molar-refractivity contribution in [3.8, 4) is 0 Å². The molecule has 4 nitrogen and oxygen atoms in total. The maximum atomic E-state index is 11.9. The van der Waals surface area contributed by atoms with E-state index in [1.165, 1.54) is 6.92 Å². The van der Waals surface area contributed by atoms with Crippen molar-refractivity contribution in [3.63, 3.8) is 0 Å². The number of amides is 1. The normalized spacial score (nSPS) is 15.5. The predicted molar refractivity (Wildman–Crippen MR) is 69.0 cm³/mol. The van der Waals surface area contributed by atoms with Crippen LogP contribution in [0.2, 0.25) is 0 Å². The summed E-state index contributed by atoms with van der Waals surface area (Å²) in [5.74, 6) is -1.51. The maximum absolute atomic E-state index is 11.9. The molecule has 18 heavy (non-hydrogen) atoms. The van der Waals surface area contributed by atoms with Crippen LogP contribution >= 0.6 is 0 Å². The van der Waals surface area contributed by atoms with Crippen molar-refractivity contribution in [2.24, 2.45) is 5.92 Å². The summed E-state index contributed by atoms with van der Waals surface area (Å²) in [5.41, 5.74) is -0.823. The first-order chi connectivity index (χ1) is 8.41. The Morgan fingerprint density at radius 3 is 2.33 bits per heavy atom. The second-order valence-corrected chi connectivity index (χ2v) is 4.59. The summed E-state index contributed by atoms with van der Waals surface area (Å²) < 4.78 is 0. The fourth-order valence-electron chi connectivity index (χ4n) is 1.58. The molecular formula is C14H19NO3. The molecule has 2 atom stereocenters. The minimum absolute atomic E-state index is 0.201. The van der Waals surface area contributed by atoms with Crippen molar-refractivity contribution in [1.29, 1.82) is 0 Å². The number of rotatable bonds is 5. The monoisotopic (exact) mass is 249 g/mol. The largest absolute Gasteiger partial charge is 0.479 e. The molecule has 0 fully saturated rings. The highest BCUT2D eigenvalue weighted by Crippen LogP contribution is 2.21. The summed E-state index contributed by atoms with van der Waals surface area (Å²) in [6.07, 6.45) is 0.677. The zero-order valence-electron chi connectivity index (χ0n) is 10.9. The van der Waals surface area contributed by atoms with E-state index >= 15 is 0 Å². The van der Waals surface area contributed by atoms with Crippen molar-refractivity contribution < 1.29 is 14.7 Å². The molecular weight excluding hydrogens is 230 g/mol. The van der Waals surface area contributed by atoms with Gasteiger partial charge in [-0.3, -0.25) is 4.79 Å². The number of hydrogen-bond acceptors (Lipinski definition) is 2. The van der Waals surface area contributed by atoms with Gasteiger partial charge in [0.15, 0.2) is 5.54 Å². The van der Waals surface area contributed by atoms with E-state index in [0.29, 0.717) is 12.0 Å². The Morgan fingerprint density at radius 1 is 1.33 bits per heavy atom. The second-order valence-electron chi connectivity index (χ2n) is 4.59. The molecule has 0 radical (unpaired) electrons. The van der Waals surface area contributed by atoms with Crippen molar-refractivity contribution in [2.45, 2.75) is 32.7 Å². The minimum atomic E-state index is -1.39. The zero-order chi connectivity index (χ0) is 13.8. The van der Waals surface area contributed by atoms with Crippen molar-refractivity contribution in [1.82, 2.24) is 5.32 Å². The molecule has 0 aromatic heterocycles. The number of benzene rings is 1. The predicted octanol–water partition coefficient (Wildman–Crippen LogP) is 2.15. The summed E-state index contributed by atoms with van der Waals surface area (Å²) in [5, 5.41) is 12.0. The molecule has 0 bridgehead atoms. The average Bonchev–Trinajstić information content (AvgIpc) is 2.38. The zero-order valence-corrected chi connectivity index (χ0v) is 10.9. The van der Waals surface area contributed by atoms with Crippen molar-refractivity contribution in [3.05, 3.63) is 35.9 Å². The van der Waals surface area contributed by atoms with Gasteiger partial charge in [-0.15, -0.1) is 0 Å². The van der Waals surface area contributed by atoms with Gasteiger partial charge in [-0.05, 0) is 18.9 Å². The second kappa shape index (κ2) is 5.67. The van der Waals surface area contributed by atoms with E-state index in [0.717, 1.165) is 0 Å². The highest BCUT2D eigenvalue weighted by Gasteiger charge is 2.37. The summed E-state index contributed by atoms with van der Waals surface area (Å²) in [7, 11) is 0. The lowest BCUT2D eigenvalue weighted by atomic mass is 9.91. The molecule has 0 heterocycles. The van der Waals surface area contributed by atoms with Gasteiger partial charge in [0.2, 0.25) is 5.91 Å². The number of carboxylic acid groups (broad SMARTS) is 1. The SMILES string of the molecule is CCC(C)C(=O)NC(C)(C(=O)O)c1ccccc1. The Morgan fingerprint density at radius 2 is 1.89 bits per heavy atom. The lowest BCUT2D eigenvalue weighted by Gasteiger charge is -2.28. The third-order valence-electron chi connectivity index (χ3n) is 3.21. The van der Waals surface area contributed by atoms with Crippen LogP contribution in [0.3, 0.4) is 0 Å². The van der Waals surface area contributed by atoms with Crippen molar-refractivity contribution >= 4 is 11.9 Å². The average molecular weight is 249 g/mol. The van der Waals surface area contributed by atoms with Crippen LogP contribution in [0.5, 0.6) is 0 Å². The fourth-order valence-corrected chi connectivity index (χ4v) is 1.58. The van der Waals surface area contributed by atoms with E-state index in [2.05, 4.69) is 5.32 Å². The lowest BCUT2D eigenvalue weighted by Crippen LogP contribution is -2.51. The molecule has 1 aromatic carbocycles. The third kappa shape index (κ3) is 2.88. The van der Waals surface area contributed by atoms with Crippen molar-refractivity contribution in [2.75, 3.05) is 0 Å². The molecule has 0 aliphatic carbocycles. The Kier molecular flexibility index (Phi) is 4.48. The van der Waals surface area contributed by atoms with Gasteiger partial charge in [0.05, 0.1) is 0 Å². The van der Waals surface area contributed by atoms with Gasteiger partial charge in [-0.2, -0.15) is 0 Å². The first-order valence-electron chi connectivity index (χ1n) is 6.02. The summed E-state index contributed by atoms with van der Waals surface area (Å²) in [6.45, 7) is 5.18. The van der Waals surface area contributed by atoms with Crippen LogP contribution in [0.25, 0.3) is 0 Å². The fraction of sp³-hybridized carbons (Fsp3) is 0.429. The standard InChI is InChI=1S/C14H19NO3/c1-4-10(2)12(16)15-14(3,13(17)18)11-8-6-5-7-9-11/h5-10H,4H2,1-3H3,(H,15,16)(H,17,18). The first kappa shape index (κ1) is 14.2. The van der Waals surface area contributed by atoms with Crippen LogP contribution in [0, 0.1) is 5.92 Å². The van der Waals surface area contributed by atoms with E-state index < -0.39 is 11.5 Å². The molecule has 0 saturated carbocycles. The summed E-state index contributed by atoms with van der Waals surface area (Å²) in [6, 6.07) is 8.72. The van der Waals surface area contributed by atoms with Gasteiger partial charge in [0.1, 0.15) is 0 Å². The van der Waals surface area contributed by atoms with Crippen LogP contribution in [-0.4, -0.2) is 17.0 Å². The van der Waals surface area contributed by atoms with Crippen LogP contribution in [0.1, 0.15) is 32.8 Å². The number of aliphatic carboxylic acids is 1. The molecule has 0 spiro atoms. The van der Waals surface area contributed by atoms with Crippen LogP contribution in [-0.2, 0) is 15.1 Å². The Bertz CT molecular complexity index is 430. The summed E-state index contributed by atoms with van der Waals surface area (Å²) in [4.78, 5) is 23.3. The smallest absolute Gasteiger partial charge is 0.333 e. The van der Waals surface area contributed by atoms with Crippen LogP contribution in [0.4, 0.5) is 0 Å². The topological polar surface area (TPSA) is 66.4 Å². The molecule has 1 aromatic rings. The Hall–Kier alpha value is -1.84. The van der Waals surface area contributed by atoms with E-state index in [1.807, 2.05) is 13.0 Å². The van der Waals surface area contributed by atoms with Crippen LogP contribution in [0.15, 0.2) is 30.3 Å². The number of carboxylic acids is 1. The van der Waals surface area contributed by atoms with Gasteiger partial charge in [-0.1, -0.05) is 44.2 Å². The number of hydrogen-bond donors (Lipinski definition) is 2. The molecule has 1 rings (SSSR count). The van der Waals surface area contributed by atoms with E-state index in [-0.39, 0.29) is 11.8 Å². The van der Waals surface area contributed by atoms with E-state index in [1.54, 1.807) is 31.2 Å². The molecule has 2 N–H and O–H groups in total. The molecule has 4 heteroatoms. The molecule has 0 aliphatic rings. The third-order valence-corrected chi connectivity index (χ3v) is 3.21. The van der Waals surface area contributed by atoms with Gasteiger partial charge in [-0.25, -0.2) is 4.79 Å². The van der Waals surface area contributed by atoms with Gasteiger partial charge in [0.25, 0.3) is 0 Å². The van der Waals surface area contributed by atoms with Gasteiger partial charge in [0, 0.05) is 5.92 Å². The lowest BCUT2D eigenvalue weighted by molar-refractivity contribution is -0.148. The van der Waals surface area contributed by atoms with Gasteiger partial charge < -0.3 is 10.4 Å². The molecule has 0 saturated heterocycles. The molecule has 98 valence electrons. The Labute approximate surface area is 107 Å². The van der Waals surface area contributed by atoms with E-state index in [4.69, 9.17) is 0 Å². The number of carbonyl (C=O) groups is 2. The quantitative estimate of drug-likeness (QED) is 0.840.